The van der Waals surface area contributed by atoms with Crippen LogP contribution in [0.3, 0.4) is 0 Å². The fraction of sp³-hybridized carbons (Fsp3) is 0.188. The van der Waals surface area contributed by atoms with Gasteiger partial charge in [0.05, 0.1) is 12.2 Å². The lowest BCUT2D eigenvalue weighted by Gasteiger charge is -2.07. The van der Waals surface area contributed by atoms with Crippen molar-refractivity contribution in [3.8, 4) is 11.5 Å². The number of carbonyl (C=O) groups excluding carboxylic acids is 1. The van der Waals surface area contributed by atoms with E-state index < -0.39 is 0 Å². The number of ether oxygens (including phenoxy) is 2. The molecule has 0 saturated carbocycles. The average Bonchev–Trinajstić information content (AvgIpc) is 2.48. The van der Waals surface area contributed by atoms with E-state index in [0.29, 0.717) is 23.7 Å². The molecule has 0 bridgehead atoms. The summed E-state index contributed by atoms with van der Waals surface area (Å²) in [4.78, 5) is 12.0. The maximum Gasteiger partial charge on any atom is 0.343 e. The molecule has 2 rings (SSSR count). The summed E-state index contributed by atoms with van der Waals surface area (Å²) in [6.07, 6.45) is 0.928. The smallest absolute Gasteiger partial charge is 0.343 e. The van der Waals surface area contributed by atoms with Gasteiger partial charge in [-0.05, 0) is 71.5 Å². The SMILES string of the molecule is CCCOc1cccc(C(=O)Oc2ccc(I)cc2)c1. The van der Waals surface area contributed by atoms with Crippen molar-refractivity contribution < 1.29 is 14.3 Å². The summed E-state index contributed by atoms with van der Waals surface area (Å²) in [5.74, 6) is 0.840. The molecule has 0 aliphatic rings. The van der Waals surface area contributed by atoms with Gasteiger partial charge in [-0.25, -0.2) is 4.79 Å². The topological polar surface area (TPSA) is 35.5 Å². The highest BCUT2D eigenvalue weighted by atomic mass is 127. The molecule has 0 aliphatic heterocycles. The van der Waals surface area contributed by atoms with E-state index in [1.54, 1.807) is 30.3 Å². The Morgan fingerprint density at radius 1 is 1.10 bits per heavy atom. The summed E-state index contributed by atoms with van der Waals surface area (Å²) in [6, 6.07) is 14.4. The van der Waals surface area contributed by atoms with Crippen molar-refractivity contribution in [2.45, 2.75) is 13.3 Å². The summed E-state index contributed by atoms with van der Waals surface area (Å²) in [5.41, 5.74) is 0.483. The first kappa shape index (κ1) is 14.8. The van der Waals surface area contributed by atoms with E-state index >= 15 is 0 Å². The van der Waals surface area contributed by atoms with E-state index in [4.69, 9.17) is 9.47 Å². The van der Waals surface area contributed by atoms with Crippen LogP contribution in [0.1, 0.15) is 23.7 Å². The van der Waals surface area contributed by atoms with Crippen molar-refractivity contribution in [1.82, 2.24) is 0 Å². The lowest BCUT2D eigenvalue weighted by Crippen LogP contribution is -2.08. The van der Waals surface area contributed by atoms with E-state index in [1.165, 1.54) is 0 Å². The minimum absolute atomic E-state index is 0.381. The van der Waals surface area contributed by atoms with Crippen molar-refractivity contribution in [2.75, 3.05) is 6.61 Å². The van der Waals surface area contributed by atoms with E-state index in [2.05, 4.69) is 22.6 Å². The van der Waals surface area contributed by atoms with Crippen LogP contribution in [-0.4, -0.2) is 12.6 Å². The predicted molar refractivity (Wildman–Crippen MR) is 86.3 cm³/mol. The summed E-state index contributed by atoms with van der Waals surface area (Å²) in [5, 5.41) is 0. The van der Waals surface area contributed by atoms with Crippen LogP contribution in [0, 0.1) is 3.57 Å². The zero-order valence-corrected chi connectivity index (χ0v) is 13.3. The Kier molecular flexibility index (Phi) is 5.40. The molecule has 0 aliphatic carbocycles. The lowest BCUT2D eigenvalue weighted by atomic mass is 10.2. The van der Waals surface area contributed by atoms with Gasteiger partial charge in [0.1, 0.15) is 11.5 Å². The predicted octanol–water partition coefficient (Wildman–Crippen LogP) is 4.30. The molecule has 4 heteroatoms. The van der Waals surface area contributed by atoms with Gasteiger partial charge >= 0.3 is 5.97 Å². The Morgan fingerprint density at radius 3 is 2.55 bits per heavy atom. The van der Waals surface area contributed by atoms with E-state index in [9.17, 15) is 4.79 Å². The van der Waals surface area contributed by atoms with Gasteiger partial charge in [-0.3, -0.25) is 0 Å². The van der Waals surface area contributed by atoms with Gasteiger partial charge in [-0.15, -0.1) is 0 Å². The Labute approximate surface area is 132 Å². The first-order valence-electron chi connectivity index (χ1n) is 6.39. The van der Waals surface area contributed by atoms with E-state index in [1.807, 2.05) is 25.1 Å². The van der Waals surface area contributed by atoms with E-state index in [0.717, 1.165) is 9.99 Å². The second kappa shape index (κ2) is 7.28. The quantitative estimate of drug-likeness (QED) is 0.440. The van der Waals surface area contributed by atoms with Crippen LogP contribution < -0.4 is 9.47 Å². The van der Waals surface area contributed by atoms with Gasteiger partial charge in [-0.2, -0.15) is 0 Å². The minimum atomic E-state index is -0.381. The van der Waals surface area contributed by atoms with Gasteiger partial charge < -0.3 is 9.47 Å². The third-order valence-corrected chi connectivity index (χ3v) is 3.29. The molecule has 0 atom stereocenters. The maximum absolute atomic E-state index is 12.0. The van der Waals surface area contributed by atoms with Crippen LogP contribution in [0.25, 0.3) is 0 Å². The highest BCUT2D eigenvalue weighted by Crippen LogP contribution is 2.18. The van der Waals surface area contributed by atoms with Crippen LogP contribution in [0.2, 0.25) is 0 Å². The number of benzene rings is 2. The Hall–Kier alpha value is -1.56. The number of halogens is 1. The fourth-order valence-electron chi connectivity index (χ4n) is 1.60. The summed E-state index contributed by atoms with van der Waals surface area (Å²) >= 11 is 2.20. The molecule has 0 amide bonds. The molecular weight excluding hydrogens is 367 g/mol. The summed E-state index contributed by atoms with van der Waals surface area (Å²) in [7, 11) is 0. The van der Waals surface area contributed by atoms with Gasteiger partial charge in [0.25, 0.3) is 0 Å². The number of esters is 1. The van der Waals surface area contributed by atoms with Crippen LogP contribution in [-0.2, 0) is 0 Å². The van der Waals surface area contributed by atoms with Crippen molar-refractivity contribution in [2.24, 2.45) is 0 Å². The molecule has 0 radical (unpaired) electrons. The number of hydrogen-bond acceptors (Lipinski definition) is 3. The number of carbonyl (C=O) groups is 1. The molecule has 0 N–H and O–H groups in total. The molecule has 0 fully saturated rings. The first-order valence-corrected chi connectivity index (χ1v) is 7.47. The van der Waals surface area contributed by atoms with Gasteiger partial charge in [0.15, 0.2) is 0 Å². The second-order valence-corrected chi connectivity index (χ2v) is 5.47. The van der Waals surface area contributed by atoms with Gasteiger partial charge in [-0.1, -0.05) is 13.0 Å². The Bertz CT molecular complexity index is 579. The fourth-order valence-corrected chi connectivity index (χ4v) is 1.96. The van der Waals surface area contributed by atoms with Crippen molar-refractivity contribution in [1.29, 1.82) is 0 Å². The van der Waals surface area contributed by atoms with Crippen molar-refractivity contribution >= 4 is 28.6 Å². The van der Waals surface area contributed by atoms with Crippen molar-refractivity contribution in [3.05, 3.63) is 57.7 Å². The van der Waals surface area contributed by atoms with Gasteiger partial charge in [0, 0.05) is 3.57 Å². The largest absolute Gasteiger partial charge is 0.494 e. The molecule has 0 spiro atoms. The zero-order chi connectivity index (χ0) is 14.4. The van der Waals surface area contributed by atoms with Gasteiger partial charge in [0.2, 0.25) is 0 Å². The minimum Gasteiger partial charge on any atom is -0.494 e. The van der Waals surface area contributed by atoms with E-state index in [-0.39, 0.29) is 5.97 Å². The van der Waals surface area contributed by atoms with Crippen LogP contribution >= 0.6 is 22.6 Å². The molecule has 0 heterocycles. The van der Waals surface area contributed by atoms with Crippen molar-refractivity contribution in [3.63, 3.8) is 0 Å². The molecule has 0 unspecified atom stereocenters. The van der Waals surface area contributed by atoms with Crippen LogP contribution in [0.15, 0.2) is 48.5 Å². The third-order valence-electron chi connectivity index (χ3n) is 2.57. The molecule has 2 aromatic rings. The summed E-state index contributed by atoms with van der Waals surface area (Å²) in [6.45, 7) is 2.67. The van der Waals surface area contributed by atoms with Crippen LogP contribution in [0.5, 0.6) is 11.5 Å². The highest BCUT2D eigenvalue weighted by Gasteiger charge is 2.09. The monoisotopic (exact) mass is 382 g/mol. The normalized spacial score (nSPS) is 10.1. The standard InChI is InChI=1S/C16H15IO3/c1-2-10-19-15-5-3-4-12(11-15)16(18)20-14-8-6-13(17)7-9-14/h3-9,11H,2,10H2,1H3. The molecule has 104 valence electrons. The Morgan fingerprint density at radius 2 is 1.85 bits per heavy atom. The average molecular weight is 382 g/mol. The molecule has 3 nitrogen and oxygen atoms in total. The number of rotatable bonds is 5. The lowest BCUT2D eigenvalue weighted by molar-refractivity contribution is 0.0734. The molecule has 2 aromatic carbocycles. The number of hydrogen-bond donors (Lipinski definition) is 0. The Balaban J connectivity index is 2.06. The maximum atomic E-state index is 12.0. The second-order valence-electron chi connectivity index (χ2n) is 4.22. The molecule has 20 heavy (non-hydrogen) atoms. The molecular formula is C16H15IO3. The summed E-state index contributed by atoms with van der Waals surface area (Å²) < 4.78 is 11.9. The third kappa shape index (κ3) is 4.23. The highest BCUT2D eigenvalue weighted by molar-refractivity contribution is 14.1. The molecule has 0 aromatic heterocycles. The zero-order valence-electron chi connectivity index (χ0n) is 11.1. The van der Waals surface area contributed by atoms with Crippen LogP contribution in [0.4, 0.5) is 0 Å². The first-order chi connectivity index (χ1) is 9.69. The molecule has 0 saturated heterocycles.